The third-order valence-corrected chi connectivity index (χ3v) is 3.41. The highest BCUT2D eigenvalue weighted by molar-refractivity contribution is 5.60. The van der Waals surface area contributed by atoms with Crippen molar-refractivity contribution >= 4 is 0 Å². The lowest BCUT2D eigenvalue weighted by molar-refractivity contribution is 0.306. The molecule has 23 heavy (non-hydrogen) atoms. The SMILES string of the molecule is Cc1cc(-c2nnn(C)n2)cc(C)c1OCCCc1nn[nH]n1. The second-order valence-electron chi connectivity index (χ2n) is 5.32. The zero-order valence-electron chi connectivity index (χ0n) is 13.3. The third-order valence-electron chi connectivity index (χ3n) is 3.41. The molecule has 0 saturated carbocycles. The van der Waals surface area contributed by atoms with Gasteiger partial charge in [0, 0.05) is 12.0 Å². The van der Waals surface area contributed by atoms with Crippen LogP contribution in [0.3, 0.4) is 0 Å². The molecular weight excluding hydrogens is 296 g/mol. The maximum absolute atomic E-state index is 5.91. The third kappa shape index (κ3) is 3.50. The lowest BCUT2D eigenvalue weighted by atomic mass is 10.1. The van der Waals surface area contributed by atoms with Crippen LogP contribution >= 0.6 is 0 Å². The van der Waals surface area contributed by atoms with Crippen molar-refractivity contribution in [3.05, 3.63) is 29.1 Å². The number of rotatable bonds is 6. The van der Waals surface area contributed by atoms with Crippen molar-refractivity contribution in [2.45, 2.75) is 26.7 Å². The molecule has 120 valence electrons. The Kier molecular flexibility index (Phi) is 4.26. The van der Waals surface area contributed by atoms with Crippen molar-refractivity contribution in [3.8, 4) is 17.1 Å². The minimum Gasteiger partial charge on any atom is -0.493 e. The minimum absolute atomic E-state index is 0.596. The van der Waals surface area contributed by atoms with Crippen molar-refractivity contribution in [2.75, 3.05) is 6.61 Å². The Bertz CT molecular complexity index is 757. The molecule has 0 fully saturated rings. The molecule has 0 bridgehead atoms. The number of aromatic nitrogens is 8. The van der Waals surface area contributed by atoms with Gasteiger partial charge < -0.3 is 4.74 Å². The quantitative estimate of drug-likeness (QED) is 0.677. The highest BCUT2D eigenvalue weighted by atomic mass is 16.5. The number of benzene rings is 1. The molecule has 0 aliphatic heterocycles. The largest absolute Gasteiger partial charge is 0.493 e. The summed E-state index contributed by atoms with van der Waals surface area (Å²) in [7, 11) is 1.75. The van der Waals surface area contributed by atoms with Gasteiger partial charge in [-0.2, -0.15) is 10.0 Å². The maximum atomic E-state index is 5.91. The Morgan fingerprint density at radius 2 is 1.96 bits per heavy atom. The molecule has 2 aromatic heterocycles. The Morgan fingerprint density at radius 1 is 1.17 bits per heavy atom. The Hall–Kier alpha value is -2.84. The molecule has 0 atom stereocenters. The number of nitrogens with zero attached hydrogens (tertiary/aromatic N) is 7. The van der Waals surface area contributed by atoms with Crippen molar-refractivity contribution in [2.24, 2.45) is 7.05 Å². The van der Waals surface area contributed by atoms with E-state index >= 15 is 0 Å². The number of H-pyrrole nitrogens is 1. The zero-order valence-corrected chi connectivity index (χ0v) is 13.3. The van der Waals surface area contributed by atoms with Gasteiger partial charge in [0.05, 0.1) is 13.7 Å². The average Bonchev–Trinajstić information content (AvgIpc) is 3.17. The summed E-state index contributed by atoms with van der Waals surface area (Å²) >= 11 is 0. The van der Waals surface area contributed by atoms with Gasteiger partial charge in [-0.25, -0.2) is 0 Å². The predicted octanol–water partition coefficient (Wildman–Crippen LogP) is 1.02. The fraction of sp³-hybridized carbons (Fsp3) is 0.429. The van der Waals surface area contributed by atoms with Crippen molar-refractivity contribution in [1.29, 1.82) is 0 Å². The Morgan fingerprint density at radius 3 is 2.57 bits per heavy atom. The Balaban J connectivity index is 1.65. The second kappa shape index (κ2) is 6.51. The molecule has 1 aromatic carbocycles. The van der Waals surface area contributed by atoms with Crippen LogP contribution in [0.15, 0.2) is 12.1 Å². The van der Waals surface area contributed by atoms with E-state index in [1.165, 1.54) is 4.80 Å². The standard InChI is InChI=1S/C14H18N8O/c1-9-7-11(14-17-21-22(3)18-14)8-10(2)13(9)23-6-4-5-12-15-19-20-16-12/h7-8H,4-6H2,1-3H3,(H,15,16,19,20). The molecule has 2 heterocycles. The van der Waals surface area contributed by atoms with Crippen LogP contribution in [0.1, 0.15) is 23.4 Å². The molecule has 3 rings (SSSR count). The molecule has 9 nitrogen and oxygen atoms in total. The number of tetrazole rings is 2. The van der Waals surface area contributed by atoms with Crippen LogP contribution in [-0.4, -0.2) is 47.4 Å². The van der Waals surface area contributed by atoms with E-state index in [4.69, 9.17) is 4.74 Å². The van der Waals surface area contributed by atoms with Gasteiger partial charge in [0.15, 0.2) is 5.82 Å². The molecule has 0 spiro atoms. The van der Waals surface area contributed by atoms with Crippen molar-refractivity contribution < 1.29 is 4.74 Å². The number of aryl methyl sites for hydroxylation is 4. The number of ether oxygens (including phenoxy) is 1. The first-order valence-corrected chi connectivity index (χ1v) is 7.34. The molecule has 0 amide bonds. The van der Waals surface area contributed by atoms with Gasteiger partial charge in [-0.15, -0.1) is 20.4 Å². The van der Waals surface area contributed by atoms with Crippen molar-refractivity contribution in [1.82, 2.24) is 40.8 Å². The van der Waals surface area contributed by atoms with Gasteiger partial charge >= 0.3 is 0 Å². The van der Waals surface area contributed by atoms with Crippen LogP contribution in [0.2, 0.25) is 0 Å². The van der Waals surface area contributed by atoms with E-state index in [0.717, 1.165) is 35.3 Å². The molecule has 0 unspecified atom stereocenters. The van der Waals surface area contributed by atoms with Crippen molar-refractivity contribution in [3.63, 3.8) is 0 Å². The number of nitrogens with one attached hydrogen (secondary N) is 1. The van der Waals surface area contributed by atoms with E-state index in [1.807, 2.05) is 26.0 Å². The first-order valence-electron chi connectivity index (χ1n) is 7.34. The maximum Gasteiger partial charge on any atom is 0.204 e. The van der Waals surface area contributed by atoms with E-state index in [-0.39, 0.29) is 0 Å². The van der Waals surface area contributed by atoms with E-state index in [2.05, 4.69) is 36.0 Å². The number of hydrogen-bond acceptors (Lipinski definition) is 7. The van der Waals surface area contributed by atoms with Gasteiger partial charge in [-0.05, 0) is 48.7 Å². The fourth-order valence-electron chi connectivity index (χ4n) is 2.40. The van der Waals surface area contributed by atoms with E-state index in [1.54, 1.807) is 7.05 Å². The summed E-state index contributed by atoms with van der Waals surface area (Å²) in [6, 6.07) is 4.02. The summed E-state index contributed by atoms with van der Waals surface area (Å²) in [5, 5.41) is 25.9. The number of aromatic amines is 1. The predicted molar refractivity (Wildman–Crippen MR) is 81.7 cm³/mol. The molecule has 3 aromatic rings. The van der Waals surface area contributed by atoms with Gasteiger partial charge in [0.1, 0.15) is 5.75 Å². The summed E-state index contributed by atoms with van der Waals surface area (Å²) < 4.78 is 5.91. The van der Waals surface area contributed by atoms with E-state index < -0.39 is 0 Å². The smallest absolute Gasteiger partial charge is 0.204 e. The zero-order chi connectivity index (χ0) is 16.2. The van der Waals surface area contributed by atoms with Crippen LogP contribution in [0.4, 0.5) is 0 Å². The van der Waals surface area contributed by atoms with E-state index in [9.17, 15) is 0 Å². The summed E-state index contributed by atoms with van der Waals surface area (Å²) in [5.41, 5.74) is 3.03. The van der Waals surface area contributed by atoms with Gasteiger partial charge in [0.25, 0.3) is 0 Å². The fourth-order valence-corrected chi connectivity index (χ4v) is 2.40. The van der Waals surface area contributed by atoms with Crippen LogP contribution in [-0.2, 0) is 13.5 Å². The molecule has 0 saturated heterocycles. The Labute approximate surface area is 133 Å². The molecular formula is C14H18N8O. The molecule has 0 radical (unpaired) electrons. The highest BCUT2D eigenvalue weighted by Crippen LogP contribution is 2.28. The lowest BCUT2D eigenvalue weighted by Crippen LogP contribution is -2.03. The second-order valence-corrected chi connectivity index (χ2v) is 5.32. The van der Waals surface area contributed by atoms with Gasteiger partial charge in [0.2, 0.25) is 5.82 Å². The first-order chi connectivity index (χ1) is 11.1. The van der Waals surface area contributed by atoms with E-state index in [0.29, 0.717) is 18.3 Å². The topological polar surface area (TPSA) is 107 Å². The molecule has 0 aliphatic carbocycles. The van der Waals surface area contributed by atoms with Crippen LogP contribution in [0.5, 0.6) is 5.75 Å². The normalized spacial score (nSPS) is 10.9. The minimum atomic E-state index is 0.596. The monoisotopic (exact) mass is 314 g/mol. The molecule has 1 N–H and O–H groups in total. The highest BCUT2D eigenvalue weighted by Gasteiger charge is 2.11. The van der Waals surface area contributed by atoms with Crippen LogP contribution < -0.4 is 4.74 Å². The average molecular weight is 314 g/mol. The first kappa shape index (κ1) is 15.1. The number of hydrogen-bond donors (Lipinski definition) is 1. The summed E-state index contributed by atoms with van der Waals surface area (Å²) in [4.78, 5) is 1.45. The summed E-state index contributed by atoms with van der Waals surface area (Å²) in [5.74, 6) is 2.21. The van der Waals surface area contributed by atoms with Gasteiger partial charge in [-0.1, -0.05) is 5.21 Å². The van der Waals surface area contributed by atoms with Crippen LogP contribution in [0.25, 0.3) is 11.4 Å². The van der Waals surface area contributed by atoms with Crippen LogP contribution in [0, 0.1) is 13.8 Å². The summed E-state index contributed by atoms with van der Waals surface area (Å²) in [6.45, 7) is 4.63. The van der Waals surface area contributed by atoms with Gasteiger partial charge in [-0.3, -0.25) is 0 Å². The summed E-state index contributed by atoms with van der Waals surface area (Å²) in [6.07, 6.45) is 1.56. The molecule has 0 aliphatic rings. The lowest BCUT2D eigenvalue weighted by Gasteiger charge is -2.13. The molecule has 9 heteroatoms.